The van der Waals surface area contributed by atoms with Gasteiger partial charge in [0, 0.05) is 12.8 Å². The normalized spacial score (nSPS) is 10.5. The van der Waals surface area contributed by atoms with Crippen molar-refractivity contribution in [1.82, 2.24) is 0 Å². The highest BCUT2D eigenvalue weighted by atomic mass is 16.5. The van der Waals surface area contributed by atoms with Crippen molar-refractivity contribution in [3.63, 3.8) is 0 Å². The van der Waals surface area contributed by atoms with E-state index in [2.05, 4.69) is 11.9 Å². The smallest absolute Gasteiger partial charge is 0.311 e. The van der Waals surface area contributed by atoms with Crippen LogP contribution in [0.1, 0.15) is 33.1 Å². The summed E-state index contributed by atoms with van der Waals surface area (Å²) in [6.07, 6.45) is 4.15. The number of esters is 1. The summed E-state index contributed by atoms with van der Waals surface area (Å²) in [5.41, 5.74) is 0. The Morgan fingerprint density at radius 2 is 2.25 bits per heavy atom. The molecular formula is C9H17NO2. The van der Waals surface area contributed by atoms with Crippen molar-refractivity contribution < 1.29 is 9.53 Å². The molecule has 12 heavy (non-hydrogen) atoms. The average Bonchev–Trinajstić information content (AvgIpc) is 2.05. The molecule has 0 aromatic carbocycles. The predicted molar refractivity (Wildman–Crippen MR) is 49.5 cm³/mol. The molecule has 0 aliphatic heterocycles. The first-order chi connectivity index (χ1) is 5.81. The van der Waals surface area contributed by atoms with Gasteiger partial charge in [-0.1, -0.05) is 13.3 Å². The molecule has 3 nitrogen and oxygen atoms in total. The van der Waals surface area contributed by atoms with E-state index in [9.17, 15) is 4.79 Å². The Hall–Kier alpha value is -0.860. The highest BCUT2D eigenvalue weighted by Gasteiger charge is 1.95. The molecule has 0 saturated heterocycles. The van der Waals surface area contributed by atoms with Gasteiger partial charge in [-0.05, 0) is 13.3 Å². The SMILES string of the molecule is CCCCN=CCC(=O)OCC. The second-order valence-electron chi connectivity index (χ2n) is 2.45. The molecule has 0 saturated carbocycles. The molecule has 0 aromatic heterocycles. The summed E-state index contributed by atoms with van der Waals surface area (Å²) < 4.78 is 4.72. The van der Waals surface area contributed by atoms with Gasteiger partial charge < -0.3 is 4.74 Å². The van der Waals surface area contributed by atoms with Gasteiger partial charge >= 0.3 is 5.97 Å². The highest BCUT2D eigenvalue weighted by Crippen LogP contribution is 1.87. The van der Waals surface area contributed by atoms with Crippen LogP contribution in [0, 0.1) is 0 Å². The number of hydrogen-bond donors (Lipinski definition) is 0. The van der Waals surface area contributed by atoms with Crippen molar-refractivity contribution in [3.05, 3.63) is 0 Å². The Morgan fingerprint density at radius 1 is 1.50 bits per heavy atom. The van der Waals surface area contributed by atoms with Crippen LogP contribution in [-0.4, -0.2) is 25.3 Å². The van der Waals surface area contributed by atoms with Gasteiger partial charge in [0.05, 0.1) is 13.0 Å². The fourth-order valence-corrected chi connectivity index (χ4v) is 0.700. The summed E-state index contributed by atoms with van der Waals surface area (Å²) in [7, 11) is 0. The molecule has 3 heteroatoms. The number of aliphatic imine (C=N–C) groups is 1. The summed E-state index contributed by atoms with van der Waals surface area (Å²) in [6, 6.07) is 0. The summed E-state index contributed by atoms with van der Waals surface area (Å²) in [6.45, 7) is 5.17. The van der Waals surface area contributed by atoms with Crippen molar-refractivity contribution in [2.24, 2.45) is 4.99 Å². The number of nitrogens with zero attached hydrogens (tertiary/aromatic N) is 1. The van der Waals surface area contributed by atoms with Gasteiger partial charge in [-0.15, -0.1) is 0 Å². The minimum Gasteiger partial charge on any atom is -0.466 e. The van der Waals surface area contributed by atoms with Crippen LogP contribution in [0.2, 0.25) is 0 Å². The van der Waals surface area contributed by atoms with Gasteiger partial charge in [0.25, 0.3) is 0 Å². The summed E-state index contributed by atoms with van der Waals surface area (Å²) in [4.78, 5) is 14.8. The van der Waals surface area contributed by atoms with Gasteiger partial charge in [-0.25, -0.2) is 0 Å². The van der Waals surface area contributed by atoms with E-state index in [-0.39, 0.29) is 5.97 Å². The van der Waals surface area contributed by atoms with Gasteiger partial charge in [-0.2, -0.15) is 0 Å². The first kappa shape index (κ1) is 11.1. The molecule has 0 atom stereocenters. The Balaban J connectivity index is 3.27. The van der Waals surface area contributed by atoms with Crippen LogP contribution in [0.3, 0.4) is 0 Å². The largest absolute Gasteiger partial charge is 0.466 e. The van der Waals surface area contributed by atoms with E-state index in [0.717, 1.165) is 19.4 Å². The van der Waals surface area contributed by atoms with Gasteiger partial charge in [0.2, 0.25) is 0 Å². The van der Waals surface area contributed by atoms with Crippen LogP contribution < -0.4 is 0 Å². The molecule has 0 aromatic rings. The molecule has 0 aliphatic rings. The third kappa shape index (κ3) is 7.25. The Bertz CT molecular complexity index is 143. The molecular weight excluding hydrogens is 154 g/mol. The number of carbonyl (C=O) groups excluding carboxylic acids is 1. The summed E-state index contributed by atoms with van der Waals surface area (Å²) >= 11 is 0. The lowest BCUT2D eigenvalue weighted by Crippen LogP contribution is -2.03. The standard InChI is InChI=1S/C9H17NO2/c1-3-5-7-10-8-6-9(11)12-4-2/h8H,3-7H2,1-2H3. The second-order valence-corrected chi connectivity index (χ2v) is 2.45. The molecule has 0 bridgehead atoms. The monoisotopic (exact) mass is 171 g/mol. The number of unbranched alkanes of at least 4 members (excludes halogenated alkanes) is 1. The molecule has 0 heterocycles. The number of rotatable bonds is 6. The van der Waals surface area contributed by atoms with Crippen LogP contribution in [0.25, 0.3) is 0 Å². The van der Waals surface area contributed by atoms with Crippen LogP contribution in [-0.2, 0) is 9.53 Å². The molecule has 0 amide bonds. The van der Waals surface area contributed by atoms with Crippen molar-refractivity contribution in [2.45, 2.75) is 33.1 Å². The number of carbonyl (C=O) groups is 1. The van der Waals surface area contributed by atoms with E-state index in [4.69, 9.17) is 4.74 Å². The fourth-order valence-electron chi connectivity index (χ4n) is 0.700. The molecule has 0 spiro atoms. The maximum absolute atomic E-state index is 10.8. The van der Waals surface area contributed by atoms with Crippen LogP contribution in [0.5, 0.6) is 0 Å². The molecule has 0 aliphatic carbocycles. The van der Waals surface area contributed by atoms with Crippen molar-refractivity contribution in [3.8, 4) is 0 Å². The minimum atomic E-state index is -0.197. The molecule has 0 unspecified atom stereocenters. The topological polar surface area (TPSA) is 38.7 Å². The molecule has 0 fully saturated rings. The van der Waals surface area contributed by atoms with E-state index in [1.54, 1.807) is 13.1 Å². The van der Waals surface area contributed by atoms with Crippen molar-refractivity contribution in [2.75, 3.05) is 13.2 Å². The third-order valence-electron chi connectivity index (χ3n) is 1.33. The minimum absolute atomic E-state index is 0.197. The van der Waals surface area contributed by atoms with Crippen LogP contribution in [0.4, 0.5) is 0 Å². The Kier molecular flexibility index (Phi) is 7.65. The zero-order valence-corrected chi connectivity index (χ0v) is 7.88. The van der Waals surface area contributed by atoms with Crippen LogP contribution in [0.15, 0.2) is 4.99 Å². The lowest BCUT2D eigenvalue weighted by atomic mass is 10.3. The van der Waals surface area contributed by atoms with E-state index in [1.807, 2.05) is 0 Å². The third-order valence-corrected chi connectivity index (χ3v) is 1.33. The van der Waals surface area contributed by atoms with E-state index in [0.29, 0.717) is 13.0 Å². The zero-order valence-electron chi connectivity index (χ0n) is 7.88. The quantitative estimate of drug-likeness (QED) is 0.347. The Labute approximate surface area is 73.8 Å². The van der Waals surface area contributed by atoms with E-state index in [1.165, 1.54) is 0 Å². The zero-order chi connectivity index (χ0) is 9.23. The lowest BCUT2D eigenvalue weighted by Gasteiger charge is -1.96. The van der Waals surface area contributed by atoms with Gasteiger partial charge in [0.1, 0.15) is 0 Å². The van der Waals surface area contributed by atoms with E-state index < -0.39 is 0 Å². The molecule has 0 radical (unpaired) electrons. The average molecular weight is 171 g/mol. The molecule has 70 valence electrons. The maximum atomic E-state index is 10.8. The van der Waals surface area contributed by atoms with Crippen molar-refractivity contribution >= 4 is 12.2 Å². The Morgan fingerprint density at radius 3 is 2.83 bits per heavy atom. The number of hydrogen-bond acceptors (Lipinski definition) is 3. The maximum Gasteiger partial charge on any atom is 0.311 e. The van der Waals surface area contributed by atoms with Crippen molar-refractivity contribution in [1.29, 1.82) is 0 Å². The van der Waals surface area contributed by atoms with Gasteiger partial charge in [-0.3, -0.25) is 9.79 Å². The lowest BCUT2D eigenvalue weighted by molar-refractivity contribution is -0.141. The number of ether oxygens (including phenoxy) is 1. The van der Waals surface area contributed by atoms with Crippen LogP contribution >= 0.6 is 0 Å². The summed E-state index contributed by atoms with van der Waals surface area (Å²) in [5.74, 6) is -0.197. The molecule has 0 rings (SSSR count). The molecule has 0 N–H and O–H groups in total. The predicted octanol–water partition coefficient (Wildman–Crippen LogP) is 1.81. The second kappa shape index (κ2) is 8.24. The van der Waals surface area contributed by atoms with E-state index >= 15 is 0 Å². The fraction of sp³-hybridized carbons (Fsp3) is 0.778. The highest BCUT2D eigenvalue weighted by molar-refractivity contribution is 5.85. The first-order valence-electron chi connectivity index (χ1n) is 4.45. The first-order valence-corrected chi connectivity index (χ1v) is 4.45. The van der Waals surface area contributed by atoms with Gasteiger partial charge in [0.15, 0.2) is 0 Å². The summed E-state index contributed by atoms with van der Waals surface area (Å²) in [5, 5.41) is 0.